The summed E-state index contributed by atoms with van der Waals surface area (Å²) < 4.78 is 48.1. The van der Waals surface area contributed by atoms with Crippen molar-refractivity contribution in [2.75, 3.05) is 13.7 Å². The van der Waals surface area contributed by atoms with Crippen molar-refractivity contribution in [2.45, 2.75) is 19.7 Å². The number of halogens is 3. The molecule has 134 valence electrons. The van der Waals surface area contributed by atoms with Crippen LogP contribution in [0.4, 0.5) is 13.2 Å². The summed E-state index contributed by atoms with van der Waals surface area (Å²) in [6, 6.07) is 10.0. The van der Waals surface area contributed by atoms with Crippen LogP contribution in [0.25, 0.3) is 0 Å². The molecule has 2 aromatic rings. The molecular formula is C18H18F3NO3. The van der Waals surface area contributed by atoms with Gasteiger partial charge in [0.15, 0.2) is 11.5 Å². The second-order valence-corrected chi connectivity index (χ2v) is 5.05. The lowest BCUT2D eigenvalue weighted by Crippen LogP contribution is -2.04. The molecule has 0 aromatic heterocycles. The van der Waals surface area contributed by atoms with E-state index >= 15 is 0 Å². The molecular weight excluding hydrogens is 335 g/mol. The van der Waals surface area contributed by atoms with E-state index in [1.54, 1.807) is 25.3 Å². The van der Waals surface area contributed by atoms with Gasteiger partial charge in [0.05, 0.1) is 25.5 Å². The van der Waals surface area contributed by atoms with Gasteiger partial charge in [-0.1, -0.05) is 17.3 Å². The molecule has 0 heterocycles. The van der Waals surface area contributed by atoms with E-state index < -0.39 is 11.7 Å². The highest BCUT2D eigenvalue weighted by Gasteiger charge is 2.29. The summed E-state index contributed by atoms with van der Waals surface area (Å²) in [5.41, 5.74) is 0.642. The number of ether oxygens (including phenoxy) is 2. The van der Waals surface area contributed by atoms with Crippen LogP contribution < -0.4 is 9.47 Å². The minimum Gasteiger partial charge on any atom is -0.493 e. The molecule has 4 nitrogen and oxygen atoms in total. The van der Waals surface area contributed by atoms with Crippen LogP contribution in [-0.4, -0.2) is 19.9 Å². The van der Waals surface area contributed by atoms with Crippen LogP contribution in [0.5, 0.6) is 11.5 Å². The minimum atomic E-state index is -4.34. The fraction of sp³-hybridized carbons (Fsp3) is 0.278. The van der Waals surface area contributed by atoms with E-state index in [9.17, 15) is 13.2 Å². The Bertz CT molecular complexity index is 712. The van der Waals surface area contributed by atoms with Gasteiger partial charge in [-0.3, -0.25) is 0 Å². The monoisotopic (exact) mass is 353 g/mol. The molecule has 0 spiro atoms. The van der Waals surface area contributed by atoms with Crippen molar-refractivity contribution in [3.8, 4) is 11.5 Å². The van der Waals surface area contributed by atoms with Crippen LogP contribution in [0.3, 0.4) is 0 Å². The second kappa shape index (κ2) is 8.41. The standard InChI is InChI=1S/C18H18F3NO3/c1-3-24-16-9-6-14(10-17(16)23-2)11-22-25-12-13-4-7-15(8-5-13)18(19,20)21/h4-11H,3,12H2,1-2H3/b22-11+. The zero-order chi connectivity index (χ0) is 18.3. The van der Waals surface area contributed by atoms with Crippen molar-refractivity contribution in [1.29, 1.82) is 0 Å². The van der Waals surface area contributed by atoms with Crippen LogP contribution >= 0.6 is 0 Å². The lowest BCUT2D eigenvalue weighted by atomic mass is 10.1. The fourth-order valence-electron chi connectivity index (χ4n) is 2.04. The van der Waals surface area contributed by atoms with Gasteiger partial charge in [0.2, 0.25) is 0 Å². The molecule has 0 unspecified atom stereocenters. The molecule has 0 atom stereocenters. The molecule has 0 aliphatic rings. The summed E-state index contributed by atoms with van der Waals surface area (Å²) >= 11 is 0. The number of hydrogen-bond acceptors (Lipinski definition) is 4. The van der Waals surface area contributed by atoms with E-state index in [-0.39, 0.29) is 6.61 Å². The van der Waals surface area contributed by atoms with Gasteiger partial charge in [-0.25, -0.2) is 0 Å². The molecule has 0 radical (unpaired) electrons. The Morgan fingerprint density at radius 3 is 2.36 bits per heavy atom. The molecule has 0 amide bonds. The van der Waals surface area contributed by atoms with Crippen molar-refractivity contribution in [1.82, 2.24) is 0 Å². The van der Waals surface area contributed by atoms with Gasteiger partial charge in [-0.05, 0) is 42.8 Å². The average Bonchev–Trinajstić information content (AvgIpc) is 2.59. The van der Waals surface area contributed by atoms with E-state index in [4.69, 9.17) is 14.3 Å². The average molecular weight is 353 g/mol. The number of benzene rings is 2. The van der Waals surface area contributed by atoms with Crippen LogP contribution in [-0.2, 0) is 17.6 Å². The molecule has 0 saturated heterocycles. The van der Waals surface area contributed by atoms with E-state index in [1.165, 1.54) is 18.3 Å². The lowest BCUT2D eigenvalue weighted by molar-refractivity contribution is -0.137. The molecule has 7 heteroatoms. The van der Waals surface area contributed by atoms with Crippen molar-refractivity contribution in [3.05, 3.63) is 59.2 Å². The molecule has 0 saturated carbocycles. The molecule has 0 fully saturated rings. The summed E-state index contributed by atoms with van der Waals surface area (Å²) in [5.74, 6) is 1.21. The maximum Gasteiger partial charge on any atom is 0.416 e. The molecule has 25 heavy (non-hydrogen) atoms. The zero-order valence-corrected chi connectivity index (χ0v) is 13.8. The summed E-state index contributed by atoms with van der Waals surface area (Å²) in [7, 11) is 1.54. The first kappa shape index (κ1) is 18.6. The number of hydrogen-bond donors (Lipinski definition) is 0. The summed E-state index contributed by atoms with van der Waals surface area (Å²) in [6.07, 6.45) is -2.85. The first-order chi connectivity index (χ1) is 11.9. The Morgan fingerprint density at radius 2 is 1.76 bits per heavy atom. The maximum atomic E-state index is 12.5. The molecule has 0 N–H and O–H groups in total. The molecule has 0 aliphatic heterocycles. The van der Waals surface area contributed by atoms with Gasteiger partial charge >= 0.3 is 6.18 Å². The SMILES string of the molecule is CCOc1ccc(/C=N/OCc2ccc(C(F)(F)F)cc2)cc1OC. The van der Waals surface area contributed by atoms with E-state index in [2.05, 4.69) is 5.16 Å². The van der Waals surface area contributed by atoms with Gasteiger partial charge in [-0.15, -0.1) is 0 Å². The van der Waals surface area contributed by atoms with Crippen molar-refractivity contribution in [3.63, 3.8) is 0 Å². The van der Waals surface area contributed by atoms with Crippen LogP contribution in [0.1, 0.15) is 23.6 Å². The van der Waals surface area contributed by atoms with Gasteiger partial charge in [0.1, 0.15) is 6.61 Å². The summed E-state index contributed by atoms with van der Waals surface area (Å²) in [4.78, 5) is 5.12. The van der Waals surface area contributed by atoms with Gasteiger partial charge in [-0.2, -0.15) is 13.2 Å². The minimum absolute atomic E-state index is 0.0722. The normalized spacial score (nSPS) is 11.6. The highest BCUT2D eigenvalue weighted by Crippen LogP contribution is 2.29. The first-order valence-corrected chi connectivity index (χ1v) is 7.56. The summed E-state index contributed by atoms with van der Waals surface area (Å²) in [5, 5.41) is 3.82. The number of alkyl halides is 3. The Morgan fingerprint density at radius 1 is 1.04 bits per heavy atom. The van der Waals surface area contributed by atoms with Crippen molar-refractivity contribution < 1.29 is 27.5 Å². The number of methoxy groups -OCH3 is 1. The molecule has 2 rings (SSSR count). The number of nitrogens with zero attached hydrogens (tertiary/aromatic N) is 1. The Hall–Kier alpha value is -2.70. The van der Waals surface area contributed by atoms with E-state index in [0.717, 1.165) is 17.7 Å². The van der Waals surface area contributed by atoms with Gasteiger partial charge in [0.25, 0.3) is 0 Å². The first-order valence-electron chi connectivity index (χ1n) is 7.56. The molecule has 0 bridgehead atoms. The summed E-state index contributed by atoms with van der Waals surface area (Å²) in [6.45, 7) is 2.48. The van der Waals surface area contributed by atoms with Crippen molar-refractivity contribution >= 4 is 6.21 Å². The third kappa shape index (κ3) is 5.41. The van der Waals surface area contributed by atoms with Crippen molar-refractivity contribution in [2.24, 2.45) is 5.16 Å². The van der Waals surface area contributed by atoms with Crippen LogP contribution in [0.2, 0.25) is 0 Å². The smallest absolute Gasteiger partial charge is 0.416 e. The third-order valence-electron chi connectivity index (χ3n) is 3.28. The van der Waals surface area contributed by atoms with Gasteiger partial charge in [0, 0.05) is 5.56 Å². The number of oxime groups is 1. The maximum absolute atomic E-state index is 12.5. The highest BCUT2D eigenvalue weighted by molar-refractivity contribution is 5.80. The number of rotatable bonds is 7. The van der Waals surface area contributed by atoms with Crippen LogP contribution in [0.15, 0.2) is 47.6 Å². The van der Waals surface area contributed by atoms with Gasteiger partial charge < -0.3 is 14.3 Å². The third-order valence-corrected chi connectivity index (χ3v) is 3.28. The largest absolute Gasteiger partial charge is 0.493 e. The predicted molar refractivity (Wildman–Crippen MR) is 88.0 cm³/mol. The topological polar surface area (TPSA) is 40.0 Å². The van der Waals surface area contributed by atoms with Crippen LogP contribution in [0, 0.1) is 0 Å². The Balaban J connectivity index is 1.93. The van der Waals surface area contributed by atoms with E-state index in [1.807, 2.05) is 6.92 Å². The Labute approximate surface area is 143 Å². The molecule has 0 aliphatic carbocycles. The predicted octanol–water partition coefficient (Wildman–Crippen LogP) is 4.66. The highest BCUT2D eigenvalue weighted by atomic mass is 19.4. The lowest BCUT2D eigenvalue weighted by Gasteiger charge is -2.09. The fourth-order valence-corrected chi connectivity index (χ4v) is 2.04. The Kier molecular flexibility index (Phi) is 6.27. The molecule has 2 aromatic carbocycles. The zero-order valence-electron chi connectivity index (χ0n) is 13.8. The second-order valence-electron chi connectivity index (χ2n) is 5.05. The van der Waals surface area contributed by atoms with E-state index in [0.29, 0.717) is 23.7 Å². The quantitative estimate of drug-likeness (QED) is 0.537.